The summed E-state index contributed by atoms with van der Waals surface area (Å²) in [6.45, 7) is 1.59. The first kappa shape index (κ1) is 16.9. The molecule has 1 aliphatic heterocycles. The quantitative estimate of drug-likeness (QED) is 0.658. The zero-order chi connectivity index (χ0) is 17.5. The minimum Gasteiger partial charge on any atom is -0.711 e. The third-order valence-electron chi connectivity index (χ3n) is 3.88. The molecule has 0 bridgehead atoms. The first-order valence-electron chi connectivity index (χ1n) is 7.31. The smallest absolute Gasteiger partial charge is 0.426 e. The lowest BCUT2D eigenvalue weighted by molar-refractivity contribution is -0.591. The van der Waals surface area contributed by atoms with Crippen molar-refractivity contribution in [2.45, 2.75) is 25.1 Å². The summed E-state index contributed by atoms with van der Waals surface area (Å²) in [5, 5.41) is 14.9. The summed E-state index contributed by atoms with van der Waals surface area (Å²) in [6.07, 6.45) is -3.26. The van der Waals surface area contributed by atoms with E-state index in [-0.39, 0.29) is 34.3 Å². The van der Waals surface area contributed by atoms with Crippen molar-refractivity contribution in [1.29, 1.82) is 0 Å². The lowest BCUT2D eigenvalue weighted by Gasteiger charge is -2.39. The van der Waals surface area contributed by atoms with E-state index < -0.39 is 11.8 Å². The van der Waals surface area contributed by atoms with Crippen LogP contribution in [0.4, 0.5) is 24.7 Å². The molecular formula is C16H14ClF3N2O2. The van der Waals surface area contributed by atoms with Crippen LogP contribution in [0.25, 0.3) is 0 Å². The molecule has 2 aromatic rings. The van der Waals surface area contributed by atoms with Crippen molar-refractivity contribution in [3.05, 3.63) is 57.9 Å². The first-order chi connectivity index (χ1) is 11.3. The molecule has 24 heavy (non-hydrogen) atoms. The minimum absolute atomic E-state index is 0.126. The first-order valence-corrected chi connectivity index (χ1v) is 7.69. The Morgan fingerprint density at radius 1 is 1.29 bits per heavy atom. The van der Waals surface area contributed by atoms with Gasteiger partial charge in [0.05, 0.1) is 11.8 Å². The standard InChI is InChI=1S/C16H14ClF3N2O2/c1-2-8-24-15(16(18,19)20)11-4-3-7-22(23)14(11)21-13-6-5-10(17)9-12(13)15/h3-7,9,21H,2,8H2,1H3. The van der Waals surface area contributed by atoms with Crippen LogP contribution in [0.15, 0.2) is 36.5 Å². The highest BCUT2D eigenvalue weighted by Gasteiger charge is 2.64. The van der Waals surface area contributed by atoms with E-state index in [0.717, 1.165) is 6.20 Å². The molecule has 1 atom stereocenters. The van der Waals surface area contributed by atoms with Gasteiger partial charge in [-0.1, -0.05) is 18.5 Å². The molecule has 1 aliphatic rings. The molecule has 8 heteroatoms. The number of fused-ring (bicyclic) bond motifs is 2. The molecule has 2 heterocycles. The Bertz CT molecular complexity index is 778. The molecule has 0 aliphatic carbocycles. The molecule has 0 saturated carbocycles. The second-order valence-corrected chi connectivity index (χ2v) is 5.88. The van der Waals surface area contributed by atoms with Crippen molar-refractivity contribution >= 4 is 23.1 Å². The number of nitrogens with one attached hydrogen (secondary N) is 1. The van der Waals surface area contributed by atoms with Gasteiger partial charge in [0, 0.05) is 17.2 Å². The average Bonchev–Trinajstić information content (AvgIpc) is 2.51. The summed E-state index contributed by atoms with van der Waals surface area (Å²) in [5.74, 6) is -0.208. The van der Waals surface area contributed by atoms with Crippen LogP contribution < -0.4 is 10.0 Å². The molecule has 1 N–H and O–H groups in total. The largest absolute Gasteiger partial charge is 0.711 e. The van der Waals surface area contributed by atoms with E-state index in [1.807, 2.05) is 0 Å². The predicted molar refractivity (Wildman–Crippen MR) is 83.2 cm³/mol. The number of alkyl halides is 3. The molecule has 0 amide bonds. The third-order valence-corrected chi connectivity index (χ3v) is 4.11. The molecule has 0 saturated heterocycles. The van der Waals surface area contributed by atoms with Gasteiger partial charge in [-0.3, -0.25) is 0 Å². The van der Waals surface area contributed by atoms with E-state index in [2.05, 4.69) is 5.32 Å². The molecule has 128 valence electrons. The number of hydrogen-bond donors (Lipinski definition) is 1. The maximum Gasteiger partial charge on any atom is 0.426 e. The Morgan fingerprint density at radius 3 is 2.71 bits per heavy atom. The fraction of sp³-hybridized carbons (Fsp3) is 0.312. The van der Waals surface area contributed by atoms with Crippen LogP contribution >= 0.6 is 11.6 Å². The Balaban J connectivity index is 2.37. The second-order valence-electron chi connectivity index (χ2n) is 5.44. The lowest BCUT2D eigenvalue weighted by Crippen LogP contribution is -2.50. The molecule has 1 unspecified atom stereocenters. The van der Waals surface area contributed by atoms with Crippen molar-refractivity contribution in [2.75, 3.05) is 11.9 Å². The summed E-state index contributed by atoms with van der Waals surface area (Å²) in [7, 11) is 0. The number of anilines is 2. The van der Waals surface area contributed by atoms with Crippen molar-refractivity contribution in [1.82, 2.24) is 0 Å². The van der Waals surface area contributed by atoms with Gasteiger partial charge in [-0.15, -0.1) is 0 Å². The maximum absolute atomic E-state index is 14.2. The summed E-state index contributed by atoms with van der Waals surface area (Å²) in [6, 6.07) is 6.58. The number of halogens is 4. The fourth-order valence-electron chi connectivity index (χ4n) is 2.88. The Hall–Kier alpha value is -1.99. The van der Waals surface area contributed by atoms with E-state index in [0.29, 0.717) is 11.2 Å². The van der Waals surface area contributed by atoms with Gasteiger partial charge in [-0.25, -0.2) is 10.0 Å². The van der Waals surface area contributed by atoms with Crippen LogP contribution in [0.1, 0.15) is 24.5 Å². The van der Waals surface area contributed by atoms with Crippen LogP contribution in [-0.2, 0) is 10.3 Å². The molecule has 3 rings (SSSR count). The molecule has 1 aromatic carbocycles. The molecular weight excluding hydrogens is 345 g/mol. The normalized spacial score (nSPS) is 19.4. The molecule has 4 nitrogen and oxygen atoms in total. The van der Waals surface area contributed by atoms with Gasteiger partial charge in [0.1, 0.15) is 5.69 Å². The minimum atomic E-state index is -4.78. The van der Waals surface area contributed by atoms with Crippen LogP contribution in [0.2, 0.25) is 5.02 Å². The summed E-state index contributed by atoms with van der Waals surface area (Å²) < 4.78 is 48.4. The van der Waals surface area contributed by atoms with Crippen molar-refractivity contribution < 1.29 is 22.6 Å². The molecule has 0 radical (unpaired) electrons. The van der Waals surface area contributed by atoms with Crippen LogP contribution in [-0.4, -0.2) is 12.8 Å². The highest BCUT2D eigenvalue weighted by Crippen LogP contribution is 2.54. The number of rotatable bonds is 3. The van der Waals surface area contributed by atoms with Gasteiger partial charge in [0.25, 0.3) is 5.82 Å². The predicted octanol–water partition coefficient (Wildman–Crippen LogP) is 4.26. The summed E-state index contributed by atoms with van der Waals surface area (Å²) >= 11 is 5.93. The Kier molecular flexibility index (Phi) is 4.09. The Morgan fingerprint density at radius 2 is 2.04 bits per heavy atom. The van der Waals surface area contributed by atoms with E-state index in [1.165, 1.54) is 30.3 Å². The van der Waals surface area contributed by atoms with Crippen LogP contribution in [0.5, 0.6) is 0 Å². The SMILES string of the molecule is CCCOC1(C(F)(F)F)c2cc(Cl)ccc2Nc2c1ccc[n+]2[O-]. The van der Waals surface area contributed by atoms with Gasteiger partial charge < -0.3 is 9.94 Å². The zero-order valence-corrected chi connectivity index (χ0v) is 13.4. The number of aromatic nitrogens is 1. The average molecular weight is 359 g/mol. The van der Waals surface area contributed by atoms with E-state index in [1.54, 1.807) is 6.92 Å². The van der Waals surface area contributed by atoms with Gasteiger partial charge in [-0.05, 0) is 36.8 Å². The van der Waals surface area contributed by atoms with Gasteiger partial charge in [0.15, 0.2) is 0 Å². The number of hydrogen-bond acceptors (Lipinski definition) is 3. The third kappa shape index (κ3) is 2.39. The van der Waals surface area contributed by atoms with Crippen LogP contribution in [0.3, 0.4) is 0 Å². The Labute approximate surface area is 141 Å². The van der Waals surface area contributed by atoms with Crippen molar-refractivity contribution in [3.8, 4) is 0 Å². The van der Waals surface area contributed by atoms with E-state index >= 15 is 0 Å². The number of nitrogens with zero attached hydrogens (tertiary/aromatic N) is 1. The van der Waals surface area contributed by atoms with Crippen LogP contribution in [0, 0.1) is 5.21 Å². The van der Waals surface area contributed by atoms with Gasteiger partial charge in [-0.2, -0.15) is 13.2 Å². The fourth-order valence-corrected chi connectivity index (χ4v) is 3.06. The molecule has 1 aromatic heterocycles. The summed E-state index contributed by atoms with van der Waals surface area (Å²) in [5.41, 5.74) is -3.06. The highest BCUT2D eigenvalue weighted by molar-refractivity contribution is 6.30. The number of ether oxygens (including phenoxy) is 1. The van der Waals surface area contributed by atoms with E-state index in [4.69, 9.17) is 16.3 Å². The topological polar surface area (TPSA) is 48.2 Å². The molecule has 0 spiro atoms. The summed E-state index contributed by atoms with van der Waals surface area (Å²) in [4.78, 5) is 0. The maximum atomic E-state index is 14.2. The van der Waals surface area contributed by atoms with E-state index in [9.17, 15) is 18.4 Å². The van der Waals surface area contributed by atoms with Crippen molar-refractivity contribution in [2.24, 2.45) is 0 Å². The zero-order valence-electron chi connectivity index (χ0n) is 12.7. The van der Waals surface area contributed by atoms with Gasteiger partial charge in [0.2, 0.25) is 5.60 Å². The monoisotopic (exact) mass is 358 g/mol. The lowest BCUT2D eigenvalue weighted by atomic mass is 9.82. The molecule has 0 fully saturated rings. The number of pyridine rings is 1. The second kappa shape index (κ2) is 5.82. The highest BCUT2D eigenvalue weighted by atomic mass is 35.5. The van der Waals surface area contributed by atoms with Gasteiger partial charge >= 0.3 is 6.18 Å². The van der Waals surface area contributed by atoms with Crippen molar-refractivity contribution in [3.63, 3.8) is 0 Å². The number of benzene rings is 1.